The summed E-state index contributed by atoms with van der Waals surface area (Å²) < 4.78 is 23.4. The Morgan fingerprint density at radius 2 is 1.90 bits per heavy atom. The molecule has 1 aromatic heterocycles. The average Bonchev–Trinajstić information content (AvgIpc) is 2.96. The topological polar surface area (TPSA) is 57.9 Å². The number of rotatable bonds is 5. The normalized spacial score (nSPS) is 13.2. The fraction of sp³-hybridized carbons (Fsp3) is 0.320. The summed E-state index contributed by atoms with van der Waals surface area (Å²) in [4.78, 5) is 13.4. The highest BCUT2D eigenvalue weighted by molar-refractivity contribution is 5.85. The molecule has 0 spiro atoms. The number of aryl methyl sites for hydroxylation is 2. The summed E-state index contributed by atoms with van der Waals surface area (Å²) in [6.45, 7) is 11.3. The minimum atomic E-state index is -0.0654. The molecule has 0 atom stereocenters. The molecule has 0 unspecified atom stereocenters. The van der Waals surface area contributed by atoms with E-state index in [9.17, 15) is 4.79 Å². The molecule has 2 heterocycles. The Labute approximate surface area is 175 Å². The highest BCUT2D eigenvalue weighted by atomic mass is 16.5. The molecule has 3 aromatic rings. The summed E-state index contributed by atoms with van der Waals surface area (Å²) in [5, 5.41) is 0.544. The van der Waals surface area contributed by atoms with Gasteiger partial charge >= 0.3 is 0 Å². The quantitative estimate of drug-likeness (QED) is 0.528. The van der Waals surface area contributed by atoms with Crippen LogP contribution in [0.25, 0.3) is 22.1 Å². The molecule has 1 aliphatic heterocycles. The predicted molar refractivity (Wildman–Crippen MR) is 118 cm³/mol. The molecule has 156 valence electrons. The molecule has 5 nitrogen and oxygen atoms in total. The van der Waals surface area contributed by atoms with Gasteiger partial charge in [-0.2, -0.15) is 0 Å². The molecule has 0 radical (unpaired) electrons. The van der Waals surface area contributed by atoms with Crippen LogP contribution in [0.5, 0.6) is 17.2 Å². The molecule has 0 N–H and O–H groups in total. The lowest BCUT2D eigenvalue weighted by Gasteiger charge is -2.14. The average molecular weight is 406 g/mol. The fourth-order valence-electron chi connectivity index (χ4n) is 3.64. The lowest BCUT2D eigenvalue weighted by molar-refractivity contribution is 0.297. The van der Waals surface area contributed by atoms with Gasteiger partial charge in [0.25, 0.3) is 0 Å². The first-order valence-electron chi connectivity index (χ1n) is 10.3. The Kier molecular flexibility index (Phi) is 5.53. The van der Waals surface area contributed by atoms with Crippen LogP contribution in [0.15, 0.2) is 51.7 Å². The second-order valence-corrected chi connectivity index (χ2v) is 7.63. The maximum atomic E-state index is 13.4. The van der Waals surface area contributed by atoms with Crippen molar-refractivity contribution >= 4 is 11.0 Å². The Bertz CT molecular complexity index is 1170. The zero-order valence-electron chi connectivity index (χ0n) is 17.7. The number of ether oxygens (including phenoxy) is 3. The lowest BCUT2D eigenvalue weighted by Crippen LogP contribution is -2.09. The SMILES string of the molecule is C=C(C)COc1cc2oc(C)c(-c3ccc4c(c3)OCCCO4)c(=O)c2cc1CC. The van der Waals surface area contributed by atoms with Gasteiger partial charge in [-0.1, -0.05) is 19.6 Å². The van der Waals surface area contributed by atoms with Crippen molar-refractivity contribution in [2.24, 2.45) is 0 Å². The highest BCUT2D eigenvalue weighted by Crippen LogP contribution is 2.35. The molecule has 1 aliphatic rings. The molecule has 0 saturated carbocycles. The Morgan fingerprint density at radius 3 is 2.63 bits per heavy atom. The Hall–Kier alpha value is -3.21. The second-order valence-electron chi connectivity index (χ2n) is 7.63. The first-order valence-corrected chi connectivity index (χ1v) is 10.3. The van der Waals surface area contributed by atoms with Crippen LogP contribution in [0.2, 0.25) is 0 Å². The number of fused-ring (bicyclic) bond motifs is 2. The van der Waals surface area contributed by atoms with Crippen molar-refractivity contribution in [1.82, 2.24) is 0 Å². The van der Waals surface area contributed by atoms with E-state index in [1.807, 2.05) is 44.2 Å². The van der Waals surface area contributed by atoms with Gasteiger partial charge in [-0.3, -0.25) is 4.79 Å². The van der Waals surface area contributed by atoms with Gasteiger partial charge in [0, 0.05) is 12.5 Å². The third-order valence-corrected chi connectivity index (χ3v) is 5.14. The van der Waals surface area contributed by atoms with Crippen LogP contribution in [0.4, 0.5) is 0 Å². The number of benzene rings is 2. The van der Waals surface area contributed by atoms with E-state index in [1.165, 1.54) is 0 Å². The largest absolute Gasteiger partial charge is 0.490 e. The highest BCUT2D eigenvalue weighted by Gasteiger charge is 2.19. The maximum Gasteiger partial charge on any atom is 0.200 e. The molecule has 5 heteroatoms. The predicted octanol–water partition coefficient (Wildman–Crippen LogP) is 5.45. The minimum absolute atomic E-state index is 0.0654. The molecule has 0 bridgehead atoms. The van der Waals surface area contributed by atoms with Crippen molar-refractivity contribution in [2.75, 3.05) is 19.8 Å². The van der Waals surface area contributed by atoms with Crippen LogP contribution in [0, 0.1) is 6.92 Å². The summed E-state index contributed by atoms with van der Waals surface area (Å²) in [5.74, 6) is 2.63. The molecule has 4 rings (SSSR count). The van der Waals surface area contributed by atoms with E-state index >= 15 is 0 Å². The van der Waals surface area contributed by atoms with Crippen LogP contribution < -0.4 is 19.6 Å². The second kappa shape index (κ2) is 8.27. The first kappa shape index (κ1) is 20.1. The lowest BCUT2D eigenvalue weighted by atomic mass is 10.0. The van der Waals surface area contributed by atoms with Crippen LogP contribution in [0.1, 0.15) is 31.6 Å². The fourth-order valence-corrected chi connectivity index (χ4v) is 3.64. The van der Waals surface area contributed by atoms with Crippen molar-refractivity contribution in [3.05, 3.63) is 64.0 Å². The van der Waals surface area contributed by atoms with E-state index < -0.39 is 0 Å². The summed E-state index contributed by atoms with van der Waals surface area (Å²) in [6, 6.07) is 9.27. The van der Waals surface area contributed by atoms with Crippen LogP contribution in [0.3, 0.4) is 0 Å². The molecule has 0 saturated heterocycles. The van der Waals surface area contributed by atoms with Crippen molar-refractivity contribution < 1.29 is 18.6 Å². The van der Waals surface area contributed by atoms with Gasteiger partial charge < -0.3 is 18.6 Å². The molecule has 30 heavy (non-hydrogen) atoms. The van der Waals surface area contributed by atoms with E-state index in [4.69, 9.17) is 18.6 Å². The Balaban J connectivity index is 1.84. The Morgan fingerprint density at radius 1 is 1.13 bits per heavy atom. The van der Waals surface area contributed by atoms with Crippen molar-refractivity contribution in [3.8, 4) is 28.4 Å². The molecule has 0 amide bonds. The van der Waals surface area contributed by atoms with Crippen LogP contribution in [-0.4, -0.2) is 19.8 Å². The van der Waals surface area contributed by atoms with Gasteiger partial charge in [-0.15, -0.1) is 0 Å². The van der Waals surface area contributed by atoms with Crippen molar-refractivity contribution in [3.63, 3.8) is 0 Å². The minimum Gasteiger partial charge on any atom is -0.490 e. The summed E-state index contributed by atoms with van der Waals surface area (Å²) in [5.41, 5.74) is 3.64. The molecular formula is C25H26O5. The van der Waals surface area contributed by atoms with E-state index in [0.717, 1.165) is 35.3 Å². The summed E-state index contributed by atoms with van der Waals surface area (Å²) >= 11 is 0. The van der Waals surface area contributed by atoms with Gasteiger partial charge in [0.05, 0.1) is 24.2 Å². The van der Waals surface area contributed by atoms with E-state index in [2.05, 4.69) is 6.58 Å². The number of hydrogen-bond donors (Lipinski definition) is 0. The monoisotopic (exact) mass is 406 g/mol. The third-order valence-electron chi connectivity index (χ3n) is 5.14. The standard InChI is InChI=1S/C25H26O5/c1-5-17-11-19-22(13-21(17)29-14-15(2)3)30-16(4)24(25(19)26)18-7-8-20-23(12-18)28-10-6-9-27-20/h7-8,11-13H,2,5-6,9-10,14H2,1,3-4H3. The molecular weight excluding hydrogens is 380 g/mol. The summed E-state index contributed by atoms with van der Waals surface area (Å²) in [6.07, 6.45) is 1.57. The van der Waals surface area contributed by atoms with Gasteiger partial charge in [0.1, 0.15) is 23.7 Å². The molecule has 0 fully saturated rings. The molecule has 2 aromatic carbocycles. The third kappa shape index (κ3) is 3.80. The zero-order valence-corrected chi connectivity index (χ0v) is 17.7. The van der Waals surface area contributed by atoms with E-state index in [-0.39, 0.29) is 5.43 Å². The first-order chi connectivity index (χ1) is 14.5. The zero-order chi connectivity index (χ0) is 21.3. The number of hydrogen-bond acceptors (Lipinski definition) is 5. The van der Waals surface area contributed by atoms with Gasteiger partial charge in [-0.25, -0.2) is 0 Å². The van der Waals surface area contributed by atoms with Crippen molar-refractivity contribution in [2.45, 2.75) is 33.6 Å². The van der Waals surface area contributed by atoms with Gasteiger partial charge in [-0.05, 0) is 55.2 Å². The molecule has 0 aliphatic carbocycles. The van der Waals surface area contributed by atoms with E-state index in [0.29, 0.717) is 53.6 Å². The van der Waals surface area contributed by atoms with Gasteiger partial charge in [0.2, 0.25) is 5.43 Å². The maximum absolute atomic E-state index is 13.4. The smallest absolute Gasteiger partial charge is 0.200 e. The van der Waals surface area contributed by atoms with Crippen LogP contribution in [-0.2, 0) is 6.42 Å². The van der Waals surface area contributed by atoms with E-state index in [1.54, 1.807) is 6.92 Å². The van der Waals surface area contributed by atoms with Crippen LogP contribution >= 0.6 is 0 Å². The van der Waals surface area contributed by atoms with Crippen molar-refractivity contribution in [1.29, 1.82) is 0 Å². The summed E-state index contributed by atoms with van der Waals surface area (Å²) in [7, 11) is 0. The van der Waals surface area contributed by atoms with Gasteiger partial charge in [0.15, 0.2) is 11.5 Å².